The summed E-state index contributed by atoms with van der Waals surface area (Å²) >= 11 is 0. The van der Waals surface area contributed by atoms with E-state index in [9.17, 15) is 4.79 Å². The summed E-state index contributed by atoms with van der Waals surface area (Å²) in [5.74, 6) is 2.66. The molecule has 3 rings (SSSR count). The molecule has 2 heterocycles. The van der Waals surface area contributed by atoms with Gasteiger partial charge in [0.1, 0.15) is 11.5 Å². The first kappa shape index (κ1) is 19.8. The summed E-state index contributed by atoms with van der Waals surface area (Å²) in [6.07, 6.45) is 4.04. The first-order valence-electron chi connectivity index (χ1n) is 9.57. The predicted molar refractivity (Wildman–Crippen MR) is 107 cm³/mol. The third-order valence-corrected chi connectivity index (χ3v) is 4.98. The number of methoxy groups -OCH3 is 1. The Morgan fingerprint density at radius 1 is 1.04 bits per heavy atom. The van der Waals surface area contributed by atoms with Gasteiger partial charge in [0.15, 0.2) is 5.76 Å². The molecule has 1 atom stereocenters. The molecule has 148 valence electrons. The second kappa shape index (κ2) is 9.31. The van der Waals surface area contributed by atoms with E-state index in [1.165, 1.54) is 6.26 Å². The van der Waals surface area contributed by atoms with Crippen molar-refractivity contribution in [3.8, 4) is 5.75 Å². The van der Waals surface area contributed by atoms with Gasteiger partial charge in [0.2, 0.25) is 0 Å². The molecule has 1 amide bonds. The highest BCUT2D eigenvalue weighted by Crippen LogP contribution is 2.29. The fourth-order valence-corrected chi connectivity index (χ4v) is 3.36. The van der Waals surface area contributed by atoms with Crippen LogP contribution < -0.4 is 4.74 Å². The van der Waals surface area contributed by atoms with Crippen LogP contribution in [0.15, 0.2) is 69.9 Å². The number of benzene rings is 1. The lowest BCUT2D eigenvalue weighted by molar-refractivity contribution is 0.0701. The first-order chi connectivity index (χ1) is 13.6. The van der Waals surface area contributed by atoms with Crippen molar-refractivity contribution in [2.45, 2.75) is 32.7 Å². The summed E-state index contributed by atoms with van der Waals surface area (Å²) in [5.41, 5.74) is 1.04. The maximum atomic E-state index is 13.0. The Bertz CT molecular complexity index is 835. The van der Waals surface area contributed by atoms with Gasteiger partial charge in [0, 0.05) is 19.0 Å². The highest BCUT2D eigenvalue weighted by molar-refractivity contribution is 5.91. The molecule has 5 heteroatoms. The first-order valence-corrected chi connectivity index (χ1v) is 9.57. The molecule has 0 saturated heterocycles. The number of ether oxygens (including phenoxy) is 1. The maximum Gasteiger partial charge on any atom is 0.289 e. The smallest absolute Gasteiger partial charge is 0.289 e. The van der Waals surface area contributed by atoms with E-state index in [-0.39, 0.29) is 11.8 Å². The van der Waals surface area contributed by atoms with Gasteiger partial charge >= 0.3 is 0 Å². The molecule has 0 radical (unpaired) electrons. The molecule has 2 aromatic heterocycles. The standard InChI is InChI=1S/C23H27NO4/c1-17(2)20(21-6-4-14-27-21)12-13-24(23(25)22-7-5-15-28-22)16-18-8-10-19(26-3)11-9-18/h4-11,14-15,17,20H,12-13,16H2,1-3H3. The van der Waals surface area contributed by atoms with Crippen LogP contribution in [0.3, 0.4) is 0 Å². The number of nitrogens with zero attached hydrogens (tertiary/aromatic N) is 1. The van der Waals surface area contributed by atoms with Gasteiger partial charge < -0.3 is 18.5 Å². The summed E-state index contributed by atoms with van der Waals surface area (Å²) < 4.78 is 16.2. The van der Waals surface area contributed by atoms with Crippen molar-refractivity contribution in [3.05, 3.63) is 78.1 Å². The van der Waals surface area contributed by atoms with Gasteiger partial charge in [0.25, 0.3) is 5.91 Å². The number of carbonyl (C=O) groups excluding carboxylic acids is 1. The van der Waals surface area contributed by atoms with Crippen LogP contribution in [0.1, 0.15) is 48.1 Å². The van der Waals surface area contributed by atoms with Crippen LogP contribution in [0.25, 0.3) is 0 Å². The Morgan fingerprint density at radius 2 is 1.75 bits per heavy atom. The van der Waals surface area contributed by atoms with E-state index >= 15 is 0 Å². The monoisotopic (exact) mass is 381 g/mol. The van der Waals surface area contributed by atoms with E-state index in [0.717, 1.165) is 23.5 Å². The zero-order valence-corrected chi connectivity index (χ0v) is 16.6. The molecule has 0 aliphatic carbocycles. The van der Waals surface area contributed by atoms with Crippen LogP contribution in [0.5, 0.6) is 5.75 Å². The summed E-state index contributed by atoms with van der Waals surface area (Å²) in [5, 5.41) is 0. The molecule has 0 fully saturated rings. The molecule has 0 bridgehead atoms. The lowest BCUT2D eigenvalue weighted by Crippen LogP contribution is -2.32. The van der Waals surface area contributed by atoms with Crippen LogP contribution in [0, 0.1) is 5.92 Å². The van der Waals surface area contributed by atoms with Crippen molar-refractivity contribution < 1.29 is 18.4 Å². The summed E-state index contributed by atoms with van der Waals surface area (Å²) in [6.45, 7) is 5.46. The van der Waals surface area contributed by atoms with Crippen molar-refractivity contribution in [2.75, 3.05) is 13.7 Å². The Kier molecular flexibility index (Phi) is 6.58. The largest absolute Gasteiger partial charge is 0.497 e. The molecule has 3 aromatic rings. The van der Waals surface area contributed by atoms with Gasteiger partial charge in [-0.05, 0) is 54.3 Å². The Hall–Kier alpha value is -2.95. The molecule has 1 unspecified atom stereocenters. The molecule has 0 spiro atoms. The molecular weight excluding hydrogens is 354 g/mol. The van der Waals surface area contributed by atoms with Crippen LogP contribution in [-0.2, 0) is 6.54 Å². The molecule has 1 aromatic carbocycles. The van der Waals surface area contributed by atoms with Gasteiger partial charge in [0.05, 0.1) is 19.6 Å². The second-order valence-electron chi connectivity index (χ2n) is 7.21. The fourth-order valence-electron chi connectivity index (χ4n) is 3.36. The number of hydrogen-bond donors (Lipinski definition) is 0. The minimum absolute atomic E-state index is 0.109. The number of amides is 1. The molecule has 0 saturated carbocycles. The van der Waals surface area contributed by atoms with Gasteiger partial charge in [-0.15, -0.1) is 0 Å². The average molecular weight is 381 g/mol. The fraction of sp³-hybridized carbons (Fsp3) is 0.348. The van der Waals surface area contributed by atoms with Crippen LogP contribution in [0.2, 0.25) is 0 Å². The van der Waals surface area contributed by atoms with Crippen LogP contribution in [-0.4, -0.2) is 24.5 Å². The summed E-state index contributed by atoms with van der Waals surface area (Å²) in [6, 6.07) is 15.1. The molecule has 28 heavy (non-hydrogen) atoms. The van der Waals surface area contributed by atoms with Crippen molar-refractivity contribution in [3.63, 3.8) is 0 Å². The quantitative estimate of drug-likeness (QED) is 0.501. The van der Waals surface area contributed by atoms with E-state index < -0.39 is 0 Å². The summed E-state index contributed by atoms with van der Waals surface area (Å²) in [7, 11) is 1.64. The molecular formula is C23H27NO4. The highest BCUT2D eigenvalue weighted by atomic mass is 16.5. The predicted octanol–water partition coefficient (Wildman–Crippen LogP) is 5.35. The van der Waals surface area contributed by atoms with Crippen LogP contribution in [0.4, 0.5) is 0 Å². The lowest BCUT2D eigenvalue weighted by atomic mass is 9.90. The van der Waals surface area contributed by atoms with E-state index in [2.05, 4.69) is 13.8 Å². The van der Waals surface area contributed by atoms with Crippen molar-refractivity contribution in [1.29, 1.82) is 0 Å². The third-order valence-electron chi connectivity index (χ3n) is 4.98. The second-order valence-corrected chi connectivity index (χ2v) is 7.21. The van der Waals surface area contributed by atoms with Gasteiger partial charge in [-0.1, -0.05) is 26.0 Å². The molecule has 5 nitrogen and oxygen atoms in total. The minimum Gasteiger partial charge on any atom is -0.497 e. The Balaban J connectivity index is 1.76. The van der Waals surface area contributed by atoms with Crippen molar-refractivity contribution in [1.82, 2.24) is 4.90 Å². The molecule has 0 aliphatic rings. The molecule has 0 aliphatic heterocycles. The SMILES string of the molecule is COc1ccc(CN(CCC(c2ccco2)C(C)C)C(=O)c2ccco2)cc1. The lowest BCUT2D eigenvalue weighted by Gasteiger charge is -2.26. The van der Waals surface area contributed by atoms with Crippen LogP contribution >= 0.6 is 0 Å². The summed E-state index contributed by atoms with van der Waals surface area (Å²) in [4.78, 5) is 14.8. The topological polar surface area (TPSA) is 55.8 Å². The third kappa shape index (κ3) is 4.85. The normalized spacial score (nSPS) is 12.1. The number of carbonyl (C=O) groups is 1. The van der Waals surface area contributed by atoms with Crippen molar-refractivity contribution in [2.24, 2.45) is 5.92 Å². The maximum absolute atomic E-state index is 13.0. The van der Waals surface area contributed by atoms with Gasteiger partial charge in [-0.3, -0.25) is 4.79 Å². The van der Waals surface area contributed by atoms with E-state index in [4.69, 9.17) is 13.6 Å². The van der Waals surface area contributed by atoms with E-state index in [0.29, 0.717) is 24.8 Å². The Labute approximate surface area is 165 Å². The Morgan fingerprint density at radius 3 is 2.32 bits per heavy atom. The zero-order valence-electron chi connectivity index (χ0n) is 16.6. The zero-order chi connectivity index (χ0) is 19.9. The minimum atomic E-state index is -0.109. The van der Waals surface area contributed by atoms with Crippen molar-refractivity contribution >= 4 is 5.91 Å². The van der Waals surface area contributed by atoms with Gasteiger partial charge in [-0.25, -0.2) is 0 Å². The van der Waals surface area contributed by atoms with Gasteiger partial charge in [-0.2, -0.15) is 0 Å². The average Bonchev–Trinajstić information content (AvgIpc) is 3.41. The number of furan rings is 2. The molecule has 0 N–H and O–H groups in total. The number of hydrogen-bond acceptors (Lipinski definition) is 4. The highest BCUT2D eigenvalue weighted by Gasteiger charge is 2.23. The van der Waals surface area contributed by atoms with E-state index in [1.54, 1.807) is 25.5 Å². The number of rotatable bonds is 9. The van der Waals surface area contributed by atoms with E-state index in [1.807, 2.05) is 41.3 Å².